The van der Waals surface area contributed by atoms with Crippen molar-refractivity contribution in [3.63, 3.8) is 0 Å². The highest BCUT2D eigenvalue weighted by Crippen LogP contribution is 2.40. The number of rotatable bonds is 13. The Morgan fingerprint density at radius 3 is 2.47 bits per heavy atom. The van der Waals surface area contributed by atoms with E-state index in [0.717, 1.165) is 23.5 Å². The molecule has 0 radical (unpaired) electrons. The second-order valence-electron chi connectivity index (χ2n) is 10.6. The number of nitrogens with zero attached hydrogens (tertiary/aromatic N) is 5. The van der Waals surface area contributed by atoms with Gasteiger partial charge in [-0.25, -0.2) is 0 Å². The molecule has 0 bridgehead atoms. The van der Waals surface area contributed by atoms with E-state index < -0.39 is 35.1 Å². The van der Waals surface area contributed by atoms with E-state index in [9.17, 15) is 10.1 Å². The smallest absolute Gasteiger partial charge is 0.307 e. The number of ether oxygens (including phenoxy) is 4. The summed E-state index contributed by atoms with van der Waals surface area (Å²) in [6.07, 6.45) is -0.128. The maximum atomic E-state index is 16.2. The summed E-state index contributed by atoms with van der Waals surface area (Å²) in [5, 5.41) is 9.54. The van der Waals surface area contributed by atoms with E-state index in [0.29, 0.717) is 6.54 Å². The minimum Gasteiger partial charge on any atom is -0.485 e. The van der Waals surface area contributed by atoms with Gasteiger partial charge in [-0.2, -0.15) is 19.0 Å². The summed E-state index contributed by atoms with van der Waals surface area (Å²) in [5.41, 5.74) is 1.30. The number of carbonyl (C=O) groups excluding carboxylic acids is 1. The molecule has 0 saturated carbocycles. The van der Waals surface area contributed by atoms with Crippen LogP contribution in [0.4, 0.5) is 14.5 Å². The normalized spacial score (nSPS) is 12.3. The van der Waals surface area contributed by atoms with Gasteiger partial charge in [0.05, 0.1) is 31.2 Å². The van der Waals surface area contributed by atoms with Crippen LogP contribution in [0, 0.1) is 23.0 Å². The number of amidine groups is 1. The number of hydrogen-bond acceptors (Lipinski definition) is 10. The molecule has 0 saturated heterocycles. The van der Waals surface area contributed by atoms with Crippen molar-refractivity contribution in [3.8, 4) is 35.1 Å². The highest BCUT2D eigenvalue weighted by molar-refractivity contribution is 5.99. The van der Waals surface area contributed by atoms with Crippen LogP contribution in [0.3, 0.4) is 0 Å². The molecule has 5 rings (SSSR count). The van der Waals surface area contributed by atoms with Gasteiger partial charge >= 0.3 is 5.97 Å². The Hall–Kier alpha value is -5.70. The van der Waals surface area contributed by atoms with Gasteiger partial charge in [-0.1, -0.05) is 42.5 Å². The average molecular weight is 642 g/mol. The fourth-order valence-corrected chi connectivity index (χ4v) is 4.83. The predicted molar refractivity (Wildman–Crippen MR) is 171 cm³/mol. The van der Waals surface area contributed by atoms with Gasteiger partial charge in [0, 0.05) is 38.8 Å². The Kier molecular flexibility index (Phi) is 10.5. The Balaban J connectivity index is 1.52. The molecule has 1 aliphatic rings. The molecule has 47 heavy (non-hydrogen) atoms. The lowest BCUT2D eigenvalue weighted by Gasteiger charge is -2.22. The van der Waals surface area contributed by atoms with Crippen LogP contribution in [0.5, 0.6) is 29.0 Å². The van der Waals surface area contributed by atoms with Crippen LogP contribution < -0.4 is 19.1 Å². The standard InChI is InChI=1S/C35H33F2N5O5/c1-4-44-29(43)15-17-41(2)32-30(36)34(46-26-12-8-11-25(20-26)33-39-16-18-42(33)3)40-35(31(32)37)47-28-19-24(21-38)13-14-27(28)45-22-23-9-6-5-7-10-23/h5-14,19-20H,4,15-18,22H2,1-3H3. The van der Waals surface area contributed by atoms with Gasteiger partial charge in [-0.05, 0) is 36.8 Å². The topological polar surface area (TPSA) is 110 Å². The van der Waals surface area contributed by atoms with Crippen molar-refractivity contribution in [1.82, 2.24) is 9.88 Å². The maximum Gasteiger partial charge on any atom is 0.307 e. The van der Waals surface area contributed by atoms with Crippen LogP contribution in [-0.2, 0) is 16.1 Å². The number of hydrogen-bond donors (Lipinski definition) is 0. The number of nitriles is 1. The largest absolute Gasteiger partial charge is 0.485 e. The summed E-state index contributed by atoms with van der Waals surface area (Å²) in [4.78, 5) is 23.9. The van der Waals surface area contributed by atoms with Crippen LogP contribution >= 0.6 is 0 Å². The molecule has 0 aliphatic carbocycles. The molecule has 0 atom stereocenters. The second kappa shape index (κ2) is 15.1. The zero-order valence-corrected chi connectivity index (χ0v) is 26.2. The molecular formula is C35H33F2N5O5. The lowest BCUT2D eigenvalue weighted by atomic mass is 10.2. The lowest BCUT2D eigenvalue weighted by molar-refractivity contribution is -0.142. The lowest BCUT2D eigenvalue weighted by Crippen LogP contribution is -2.24. The first-order chi connectivity index (χ1) is 22.8. The Labute approximate surface area is 271 Å². The molecule has 4 aromatic rings. The van der Waals surface area contributed by atoms with Crippen molar-refractivity contribution in [1.29, 1.82) is 5.26 Å². The molecule has 3 aromatic carbocycles. The molecule has 10 nitrogen and oxygen atoms in total. The van der Waals surface area contributed by atoms with E-state index >= 15 is 8.78 Å². The first-order valence-corrected chi connectivity index (χ1v) is 15.0. The van der Waals surface area contributed by atoms with Crippen LogP contribution in [-0.4, -0.2) is 62.0 Å². The van der Waals surface area contributed by atoms with Crippen molar-refractivity contribution < 1.29 is 32.5 Å². The Morgan fingerprint density at radius 2 is 1.77 bits per heavy atom. The monoisotopic (exact) mass is 641 g/mol. The van der Waals surface area contributed by atoms with E-state index in [4.69, 9.17) is 18.9 Å². The Bertz CT molecular complexity index is 1810. The van der Waals surface area contributed by atoms with E-state index in [1.165, 1.54) is 30.1 Å². The molecule has 0 unspecified atom stereocenters. The van der Waals surface area contributed by atoms with Gasteiger partial charge in [-0.3, -0.25) is 9.79 Å². The molecule has 1 aliphatic heterocycles. The minimum absolute atomic E-state index is 0.0201. The number of aromatic nitrogens is 1. The molecule has 12 heteroatoms. The van der Waals surface area contributed by atoms with E-state index in [-0.39, 0.29) is 49.0 Å². The number of aliphatic imine (C=N–C) groups is 1. The quantitative estimate of drug-likeness (QED) is 0.152. The highest BCUT2D eigenvalue weighted by atomic mass is 19.1. The highest BCUT2D eigenvalue weighted by Gasteiger charge is 2.28. The number of carbonyl (C=O) groups is 1. The van der Waals surface area contributed by atoms with Crippen LogP contribution in [0.1, 0.15) is 30.0 Å². The van der Waals surface area contributed by atoms with Crippen molar-refractivity contribution in [3.05, 3.63) is 101 Å². The zero-order valence-electron chi connectivity index (χ0n) is 26.2. The van der Waals surface area contributed by atoms with E-state index in [2.05, 4.69) is 9.98 Å². The van der Waals surface area contributed by atoms with Gasteiger partial charge < -0.3 is 28.7 Å². The molecular weight excluding hydrogens is 608 g/mol. The maximum absolute atomic E-state index is 16.2. The van der Waals surface area contributed by atoms with Crippen LogP contribution in [0.2, 0.25) is 0 Å². The van der Waals surface area contributed by atoms with Gasteiger partial charge in [0.15, 0.2) is 11.5 Å². The number of pyridine rings is 1. The summed E-state index contributed by atoms with van der Waals surface area (Å²) in [5.74, 6) is -2.80. The second-order valence-corrected chi connectivity index (χ2v) is 10.6. The molecule has 1 aromatic heterocycles. The summed E-state index contributed by atoms with van der Waals surface area (Å²) in [7, 11) is 3.34. The molecule has 0 fully saturated rings. The SMILES string of the molecule is CCOC(=O)CCN(C)c1c(F)c(Oc2cccc(C3=NCCN3C)c2)nc(Oc2cc(C#N)ccc2OCc2ccccc2)c1F. The van der Waals surface area contributed by atoms with Gasteiger partial charge in [0.2, 0.25) is 11.6 Å². The van der Waals surface area contributed by atoms with Crippen molar-refractivity contribution in [2.75, 3.05) is 45.2 Å². The van der Waals surface area contributed by atoms with Crippen molar-refractivity contribution in [2.24, 2.45) is 4.99 Å². The third kappa shape index (κ3) is 7.94. The van der Waals surface area contributed by atoms with Crippen LogP contribution in [0.25, 0.3) is 0 Å². The zero-order chi connectivity index (χ0) is 33.3. The van der Waals surface area contributed by atoms with Gasteiger partial charge in [-0.15, -0.1) is 0 Å². The molecule has 0 N–H and O–H groups in total. The Morgan fingerprint density at radius 1 is 1.00 bits per heavy atom. The molecule has 0 amide bonds. The molecule has 242 valence electrons. The van der Waals surface area contributed by atoms with Crippen molar-refractivity contribution in [2.45, 2.75) is 20.0 Å². The van der Waals surface area contributed by atoms with E-state index in [1.54, 1.807) is 25.1 Å². The van der Waals surface area contributed by atoms with Crippen LogP contribution in [0.15, 0.2) is 77.8 Å². The summed E-state index contributed by atoms with van der Waals surface area (Å²) < 4.78 is 55.0. The molecule has 2 heterocycles. The summed E-state index contributed by atoms with van der Waals surface area (Å²) in [6.45, 7) is 3.34. The first kappa shape index (κ1) is 32.7. The molecule has 0 spiro atoms. The fourth-order valence-electron chi connectivity index (χ4n) is 4.83. The number of halogens is 2. The van der Waals surface area contributed by atoms with Crippen molar-refractivity contribution >= 4 is 17.5 Å². The van der Waals surface area contributed by atoms with E-state index in [1.807, 2.05) is 54.4 Å². The minimum atomic E-state index is -1.15. The number of anilines is 1. The van der Waals surface area contributed by atoms with Gasteiger partial charge in [0.25, 0.3) is 11.8 Å². The van der Waals surface area contributed by atoms with Gasteiger partial charge in [0.1, 0.15) is 23.9 Å². The summed E-state index contributed by atoms with van der Waals surface area (Å²) in [6, 6.07) is 22.7. The third-order valence-electron chi connectivity index (χ3n) is 7.21. The number of benzene rings is 3. The third-order valence-corrected chi connectivity index (χ3v) is 7.21. The average Bonchev–Trinajstić information content (AvgIpc) is 3.51. The fraction of sp³-hybridized carbons (Fsp3) is 0.257. The predicted octanol–water partition coefficient (Wildman–Crippen LogP) is 6.48. The number of likely N-dealkylation sites (N-methyl/N-ethyl adjacent to an activating group) is 1. The summed E-state index contributed by atoms with van der Waals surface area (Å²) >= 11 is 0. The first-order valence-electron chi connectivity index (χ1n) is 15.0. The number of esters is 1.